The maximum absolute atomic E-state index is 12.6. The summed E-state index contributed by atoms with van der Waals surface area (Å²) >= 11 is 0. The molecule has 3 fully saturated rings. The van der Waals surface area contributed by atoms with Gasteiger partial charge in [0.1, 0.15) is 11.3 Å². The number of furan rings is 1. The third-order valence-corrected chi connectivity index (χ3v) is 6.16. The Morgan fingerprint density at radius 2 is 1.89 bits per heavy atom. The molecule has 8 heteroatoms. The lowest BCUT2D eigenvalue weighted by molar-refractivity contribution is -0.134. The predicted octanol–water partition coefficient (Wildman–Crippen LogP) is 1.57. The van der Waals surface area contributed by atoms with Gasteiger partial charge in [0.15, 0.2) is 0 Å². The van der Waals surface area contributed by atoms with Crippen molar-refractivity contribution in [1.29, 1.82) is 0 Å². The van der Waals surface area contributed by atoms with E-state index in [-0.39, 0.29) is 17.8 Å². The van der Waals surface area contributed by atoms with Crippen LogP contribution in [0.4, 0.5) is 4.79 Å². The number of hydrogen-bond donors (Lipinski definition) is 1. The summed E-state index contributed by atoms with van der Waals surface area (Å²) in [6.07, 6.45) is 5.97. The van der Waals surface area contributed by atoms with Crippen LogP contribution in [0.2, 0.25) is 0 Å². The van der Waals surface area contributed by atoms with Crippen LogP contribution in [0.1, 0.15) is 44.3 Å². The molecule has 3 heterocycles. The van der Waals surface area contributed by atoms with Crippen LogP contribution in [0.25, 0.3) is 0 Å². The molecule has 4 rings (SSSR count). The number of urea groups is 1. The molecular formula is C20H28N4O4. The average Bonchev–Trinajstić information content (AvgIpc) is 3.41. The van der Waals surface area contributed by atoms with Gasteiger partial charge < -0.3 is 14.6 Å². The lowest BCUT2D eigenvalue weighted by Gasteiger charge is -2.34. The van der Waals surface area contributed by atoms with Gasteiger partial charge >= 0.3 is 6.03 Å². The first-order chi connectivity index (χ1) is 13.6. The van der Waals surface area contributed by atoms with E-state index >= 15 is 0 Å². The zero-order valence-corrected chi connectivity index (χ0v) is 16.2. The first-order valence-corrected chi connectivity index (χ1v) is 10.2. The minimum Gasteiger partial charge on any atom is -0.468 e. The molecule has 3 aliphatic rings. The largest absolute Gasteiger partial charge is 0.468 e. The lowest BCUT2D eigenvalue weighted by atomic mass is 9.98. The molecule has 2 aliphatic heterocycles. The molecule has 2 saturated heterocycles. The maximum atomic E-state index is 12.6. The summed E-state index contributed by atoms with van der Waals surface area (Å²) in [6, 6.07) is 3.55. The smallest absolute Gasteiger partial charge is 0.325 e. The minimum absolute atomic E-state index is 0.0975. The van der Waals surface area contributed by atoms with Crippen LogP contribution in [0, 0.1) is 0 Å². The number of nitrogens with zero attached hydrogens (tertiary/aromatic N) is 3. The second-order valence-electron chi connectivity index (χ2n) is 8.02. The topological polar surface area (TPSA) is 86.1 Å². The van der Waals surface area contributed by atoms with E-state index in [1.54, 1.807) is 6.26 Å². The van der Waals surface area contributed by atoms with Gasteiger partial charge in [-0.05, 0) is 31.4 Å². The molecule has 1 saturated carbocycles. The Labute approximate surface area is 164 Å². The first kappa shape index (κ1) is 19.0. The standard InChI is InChI=1S/C20H28N4O4/c25-17(23-12-10-22(11-13-23)15-16-5-4-14-28-16)6-3-9-24-18(26)20(21-19(24)27)7-1-2-8-20/h4-5,14H,1-3,6-13,15H2,(H,21,27). The molecule has 0 bridgehead atoms. The second kappa shape index (κ2) is 7.95. The SMILES string of the molecule is O=C(CCCN1C(=O)NC2(CCCC2)C1=O)N1CCN(Cc2ccco2)CC1. The summed E-state index contributed by atoms with van der Waals surface area (Å²) in [5, 5.41) is 2.88. The third-order valence-electron chi connectivity index (χ3n) is 6.16. The van der Waals surface area contributed by atoms with Gasteiger partial charge in [-0.15, -0.1) is 0 Å². The van der Waals surface area contributed by atoms with Gasteiger partial charge in [0.2, 0.25) is 5.91 Å². The minimum atomic E-state index is -0.661. The van der Waals surface area contributed by atoms with Crippen LogP contribution < -0.4 is 5.32 Å². The lowest BCUT2D eigenvalue weighted by Crippen LogP contribution is -2.48. The van der Waals surface area contributed by atoms with Gasteiger partial charge in [0.05, 0.1) is 12.8 Å². The van der Waals surface area contributed by atoms with E-state index in [0.29, 0.717) is 32.5 Å². The molecule has 0 atom stereocenters. The highest BCUT2D eigenvalue weighted by atomic mass is 16.3. The Hall–Kier alpha value is -2.35. The molecule has 1 spiro atoms. The quantitative estimate of drug-likeness (QED) is 0.748. The average molecular weight is 388 g/mol. The predicted molar refractivity (Wildman–Crippen MR) is 101 cm³/mol. The number of rotatable bonds is 6. The number of piperazine rings is 1. The van der Waals surface area contributed by atoms with Crippen molar-refractivity contribution in [1.82, 2.24) is 20.0 Å². The van der Waals surface area contributed by atoms with Crippen molar-refractivity contribution in [2.75, 3.05) is 32.7 Å². The fourth-order valence-corrected chi connectivity index (χ4v) is 4.52. The van der Waals surface area contributed by atoms with E-state index in [1.165, 1.54) is 4.90 Å². The van der Waals surface area contributed by atoms with Crippen molar-refractivity contribution in [2.24, 2.45) is 0 Å². The summed E-state index contributed by atoms with van der Waals surface area (Å²) in [5.41, 5.74) is -0.661. The Morgan fingerprint density at radius 3 is 2.57 bits per heavy atom. The van der Waals surface area contributed by atoms with E-state index in [1.807, 2.05) is 17.0 Å². The molecule has 0 radical (unpaired) electrons. The van der Waals surface area contributed by atoms with Crippen molar-refractivity contribution >= 4 is 17.8 Å². The molecule has 152 valence electrons. The van der Waals surface area contributed by atoms with Gasteiger partial charge in [-0.25, -0.2) is 4.79 Å². The fourth-order valence-electron chi connectivity index (χ4n) is 4.52. The van der Waals surface area contributed by atoms with E-state index in [0.717, 1.165) is 51.1 Å². The Morgan fingerprint density at radius 1 is 1.14 bits per heavy atom. The van der Waals surface area contributed by atoms with E-state index < -0.39 is 5.54 Å². The third kappa shape index (κ3) is 3.78. The number of amides is 4. The van der Waals surface area contributed by atoms with Crippen molar-refractivity contribution in [3.05, 3.63) is 24.2 Å². The molecule has 28 heavy (non-hydrogen) atoms. The van der Waals surface area contributed by atoms with Crippen LogP contribution in [0.3, 0.4) is 0 Å². The summed E-state index contributed by atoms with van der Waals surface area (Å²) in [6.45, 7) is 4.13. The zero-order valence-electron chi connectivity index (χ0n) is 16.2. The molecule has 1 aromatic rings. The summed E-state index contributed by atoms with van der Waals surface area (Å²) in [5.74, 6) is 0.933. The molecule has 1 N–H and O–H groups in total. The van der Waals surface area contributed by atoms with Crippen LogP contribution in [-0.4, -0.2) is 70.8 Å². The summed E-state index contributed by atoms with van der Waals surface area (Å²) < 4.78 is 5.38. The van der Waals surface area contributed by atoms with Crippen LogP contribution in [0.15, 0.2) is 22.8 Å². The van der Waals surface area contributed by atoms with E-state index in [2.05, 4.69) is 10.2 Å². The molecule has 1 aromatic heterocycles. The van der Waals surface area contributed by atoms with Crippen molar-refractivity contribution < 1.29 is 18.8 Å². The van der Waals surface area contributed by atoms with Crippen LogP contribution >= 0.6 is 0 Å². The zero-order chi connectivity index (χ0) is 19.6. The normalized spacial score (nSPS) is 22.3. The highest BCUT2D eigenvalue weighted by Gasteiger charge is 2.52. The van der Waals surface area contributed by atoms with E-state index in [9.17, 15) is 14.4 Å². The van der Waals surface area contributed by atoms with Gasteiger partial charge in [0.25, 0.3) is 5.91 Å². The molecular weight excluding hydrogens is 360 g/mol. The van der Waals surface area contributed by atoms with E-state index in [4.69, 9.17) is 4.42 Å². The molecule has 0 unspecified atom stereocenters. The molecule has 1 aliphatic carbocycles. The summed E-state index contributed by atoms with van der Waals surface area (Å²) in [4.78, 5) is 42.7. The summed E-state index contributed by atoms with van der Waals surface area (Å²) in [7, 11) is 0. The Bertz CT molecular complexity index is 719. The van der Waals surface area contributed by atoms with Crippen molar-refractivity contribution in [3.63, 3.8) is 0 Å². The van der Waals surface area contributed by atoms with Gasteiger partial charge in [-0.1, -0.05) is 12.8 Å². The first-order valence-electron chi connectivity index (χ1n) is 10.2. The number of nitrogens with one attached hydrogen (secondary N) is 1. The van der Waals surface area contributed by atoms with Gasteiger partial charge in [-0.3, -0.25) is 19.4 Å². The van der Waals surface area contributed by atoms with Crippen LogP contribution in [0.5, 0.6) is 0 Å². The highest BCUT2D eigenvalue weighted by molar-refractivity contribution is 6.07. The van der Waals surface area contributed by atoms with Crippen LogP contribution in [-0.2, 0) is 16.1 Å². The molecule has 4 amide bonds. The second-order valence-corrected chi connectivity index (χ2v) is 8.02. The Kier molecular flexibility index (Phi) is 5.39. The fraction of sp³-hybridized carbons (Fsp3) is 0.650. The van der Waals surface area contributed by atoms with Crippen molar-refractivity contribution in [2.45, 2.75) is 50.6 Å². The van der Waals surface area contributed by atoms with Gasteiger partial charge in [0, 0.05) is 39.1 Å². The number of imide groups is 1. The maximum Gasteiger partial charge on any atom is 0.325 e. The molecule has 8 nitrogen and oxygen atoms in total. The number of carbonyl (C=O) groups is 3. The van der Waals surface area contributed by atoms with Gasteiger partial charge in [-0.2, -0.15) is 0 Å². The molecule has 0 aromatic carbocycles. The highest BCUT2D eigenvalue weighted by Crippen LogP contribution is 2.35. The monoisotopic (exact) mass is 388 g/mol. The number of carbonyl (C=O) groups excluding carboxylic acids is 3. The number of hydrogen-bond acceptors (Lipinski definition) is 5. The Balaban J connectivity index is 1.19. The van der Waals surface area contributed by atoms with Crippen molar-refractivity contribution in [3.8, 4) is 0 Å².